The van der Waals surface area contributed by atoms with Crippen LogP contribution < -0.4 is 20.4 Å². The van der Waals surface area contributed by atoms with E-state index in [1.807, 2.05) is 0 Å². The Morgan fingerprint density at radius 2 is 0.947 bits per heavy atom. The molecule has 2 N–H and O–H groups in total. The largest absolute Gasteiger partial charge is 4.00 e. The maximum atomic E-state index is 9.58. The third-order valence-corrected chi connectivity index (χ3v) is 1.26. The van der Waals surface area contributed by atoms with Gasteiger partial charge in [-0.1, -0.05) is 0 Å². The summed E-state index contributed by atoms with van der Waals surface area (Å²) < 4.78 is 0. The molecule has 0 aliphatic rings. The number of aliphatic hydroxyl groups excluding tert-OH is 2. The van der Waals surface area contributed by atoms with Crippen LogP contribution in [0.2, 0.25) is 0 Å². The summed E-state index contributed by atoms with van der Waals surface area (Å²) in [7, 11) is 0. The molecule has 0 rings (SSSR count). The molecule has 0 saturated heterocycles. The molecular weight excluding hydrogens is 463 g/mol. The van der Waals surface area contributed by atoms with Gasteiger partial charge < -0.3 is 49.8 Å². The third kappa shape index (κ3) is 16.7. The maximum absolute atomic E-state index is 9.58. The number of carboxylic acid groups (broad SMARTS) is 4. The van der Waals surface area contributed by atoms with Gasteiger partial charge in [-0.05, 0) is 0 Å². The van der Waals surface area contributed by atoms with E-state index < -0.39 is 48.9 Å². The van der Waals surface area contributed by atoms with Crippen LogP contribution >= 0.6 is 0 Å². The fourth-order valence-corrected chi connectivity index (χ4v) is 0.482. The molecule has 0 amide bonds. The zero-order chi connectivity index (χ0) is 14.9. The maximum Gasteiger partial charge on any atom is 4.00 e. The van der Waals surface area contributed by atoms with Gasteiger partial charge in [0.05, 0.1) is 24.1 Å². The third-order valence-electron chi connectivity index (χ3n) is 1.26. The summed E-state index contributed by atoms with van der Waals surface area (Å²) in [5.74, 6) is -6.85. The van der Waals surface area contributed by atoms with Crippen molar-refractivity contribution in [3.05, 3.63) is 0 Å². The first-order valence-corrected chi connectivity index (χ1v) is 4.25. The van der Waals surface area contributed by atoms with Crippen molar-refractivity contribution in [2.75, 3.05) is 0 Å². The SMILES string of the molecule is O=C([O-])CC(O)C(=O)[O-].O=C([O-])CC(O)C(=O)[O-].[Pb+4]. The number of carboxylic acids is 4. The number of carbonyl (C=O) groups is 4. The zero-order valence-corrected chi connectivity index (χ0v) is 13.1. The van der Waals surface area contributed by atoms with Crippen LogP contribution in [0.5, 0.6) is 0 Å². The number of aliphatic carboxylic acids is 4. The van der Waals surface area contributed by atoms with Crippen molar-refractivity contribution in [3.8, 4) is 0 Å². The van der Waals surface area contributed by atoms with E-state index in [0.717, 1.165) is 0 Å². The number of aliphatic hydroxyl groups is 2. The van der Waals surface area contributed by atoms with Crippen LogP contribution in [-0.4, -0.2) is 73.6 Å². The van der Waals surface area contributed by atoms with Gasteiger partial charge in [-0.3, -0.25) is 0 Å². The summed E-state index contributed by atoms with van der Waals surface area (Å²) in [6, 6.07) is 0. The van der Waals surface area contributed by atoms with Crippen LogP contribution in [0, 0.1) is 0 Å². The second kappa shape index (κ2) is 11.8. The summed E-state index contributed by atoms with van der Waals surface area (Å²) in [5.41, 5.74) is 0. The number of hydrogen-bond donors (Lipinski definition) is 2. The van der Waals surface area contributed by atoms with Gasteiger partial charge in [0.1, 0.15) is 0 Å². The Kier molecular flexibility index (Phi) is 14.2. The fourth-order valence-electron chi connectivity index (χ4n) is 0.482. The van der Waals surface area contributed by atoms with E-state index in [0.29, 0.717) is 0 Å². The molecule has 2 atom stereocenters. The first-order valence-electron chi connectivity index (χ1n) is 4.25. The van der Waals surface area contributed by atoms with Gasteiger partial charge in [0.15, 0.2) is 0 Å². The molecule has 2 unspecified atom stereocenters. The normalized spacial score (nSPS) is 11.9. The van der Waals surface area contributed by atoms with Gasteiger partial charge in [-0.25, -0.2) is 0 Å². The van der Waals surface area contributed by atoms with Gasteiger partial charge in [0.2, 0.25) is 0 Å². The molecule has 0 aromatic heterocycles. The molecular formula is C8H8O10Pb. The van der Waals surface area contributed by atoms with Crippen LogP contribution in [0.25, 0.3) is 0 Å². The van der Waals surface area contributed by atoms with E-state index in [-0.39, 0.29) is 27.3 Å². The van der Waals surface area contributed by atoms with Gasteiger partial charge in [-0.2, -0.15) is 0 Å². The zero-order valence-electron chi connectivity index (χ0n) is 9.23. The molecule has 0 saturated carbocycles. The van der Waals surface area contributed by atoms with E-state index in [4.69, 9.17) is 10.2 Å². The first-order chi connectivity index (χ1) is 8.07. The van der Waals surface area contributed by atoms with Gasteiger partial charge in [0.25, 0.3) is 0 Å². The Morgan fingerprint density at radius 3 is 1.00 bits per heavy atom. The Balaban J connectivity index is -0.000000256. The molecule has 11 heteroatoms. The first kappa shape index (κ1) is 22.9. The van der Waals surface area contributed by atoms with E-state index in [9.17, 15) is 39.6 Å². The smallest absolute Gasteiger partial charge is 0.550 e. The van der Waals surface area contributed by atoms with Gasteiger partial charge >= 0.3 is 27.3 Å². The quantitative estimate of drug-likeness (QED) is 0.350. The minimum atomic E-state index is -1.96. The fraction of sp³-hybridized carbons (Fsp3) is 0.500. The molecule has 0 aromatic rings. The van der Waals surface area contributed by atoms with E-state index >= 15 is 0 Å². The second-order valence-corrected chi connectivity index (χ2v) is 2.82. The van der Waals surface area contributed by atoms with E-state index in [2.05, 4.69) is 0 Å². The van der Waals surface area contributed by atoms with Crippen LogP contribution in [0.1, 0.15) is 12.8 Å². The number of carbonyl (C=O) groups excluding carboxylic acids is 4. The number of hydrogen-bond acceptors (Lipinski definition) is 10. The molecule has 0 aliphatic heterocycles. The van der Waals surface area contributed by atoms with Crippen molar-refractivity contribution in [1.29, 1.82) is 0 Å². The summed E-state index contributed by atoms with van der Waals surface area (Å²) in [6.45, 7) is 0. The van der Waals surface area contributed by atoms with Gasteiger partial charge in [-0.15, -0.1) is 0 Å². The summed E-state index contributed by atoms with van der Waals surface area (Å²) >= 11 is 0. The molecule has 104 valence electrons. The van der Waals surface area contributed by atoms with Crippen molar-refractivity contribution < 1.29 is 49.8 Å². The summed E-state index contributed by atoms with van der Waals surface area (Å²) in [4.78, 5) is 38.3. The molecule has 0 aromatic carbocycles. The standard InChI is InChI=1S/2C4H6O5.Pb/c2*5-2(4(8)9)1-3(6)7;/h2*2,5H,1H2,(H,6,7)(H,8,9);/q;;+4/p-4. The Morgan fingerprint density at radius 1 is 0.737 bits per heavy atom. The Hall–Kier alpha value is -1.28. The molecule has 0 radical (unpaired) electrons. The Bertz CT molecular complexity index is 295. The summed E-state index contributed by atoms with van der Waals surface area (Å²) in [6.07, 6.45) is -5.78. The van der Waals surface area contributed by atoms with Crippen LogP contribution in [0.4, 0.5) is 0 Å². The van der Waals surface area contributed by atoms with Crippen LogP contribution in [0.3, 0.4) is 0 Å². The van der Waals surface area contributed by atoms with Crippen molar-refractivity contribution in [2.45, 2.75) is 25.0 Å². The molecule has 0 spiro atoms. The van der Waals surface area contributed by atoms with E-state index in [1.54, 1.807) is 0 Å². The van der Waals surface area contributed by atoms with Crippen molar-refractivity contribution in [2.24, 2.45) is 0 Å². The summed E-state index contributed by atoms with van der Waals surface area (Å²) in [5, 5.41) is 54.7. The van der Waals surface area contributed by atoms with Gasteiger partial charge in [0, 0.05) is 24.8 Å². The van der Waals surface area contributed by atoms with Crippen molar-refractivity contribution >= 4 is 51.2 Å². The van der Waals surface area contributed by atoms with Crippen LogP contribution in [0.15, 0.2) is 0 Å². The predicted octanol–water partition coefficient (Wildman–Crippen LogP) is -7.91. The second-order valence-electron chi connectivity index (χ2n) is 2.82. The molecule has 0 heterocycles. The predicted molar refractivity (Wildman–Crippen MR) is 47.0 cm³/mol. The number of rotatable bonds is 6. The van der Waals surface area contributed by atoms with E-state index in [1.165, 1.54) is 0 Å². The van der Waals surface area contributed by atoms with Crippen molar-refractivity contribution in [1.82, 2.24) is 0 Å². The minimum Gasteiger partial charge on any atom is -0.550 e. The molecule has 0 fully saturated rings. The van der Waals surface area contributed by atoms with Crippen molar-refractivity contribution in [3.63, 3.8) is 0 Å². The topological polar surface area (TPSA) is 201 Å². The molecule has 10 nitrogen and oxygen atoms in total. The molecule has 0 bridgehead atoms. The average Bonchev–Trinajstić information content (AvgIpc) is 2.16. The Labute approximate surface area is 126 Å². The minimum absolute atomic E-state index is 0. The van der Waals surface area contributed by atoms with Crippen LogP contribution in [-0.2, 0) is 19.2 Å². The molecule has 0 aliphatic carbocycles. The average molecular weight is 471 g/mol. The monoisotopic (exact) mass is 472 g/mol. The molecule has 19 heavy (non-hydrogen) atoms.